The van der Waals surface area contributed by atoms with Crippen molar-refractivity contribution in [3.63, 3.8) is 0 Å². The summed E-state index contributed by atoms with van der Waals surface area (Å²) in [4.78, 5) is 49.2. The van der Waals surface area contributed by atoms with Crippen LogP contribution in [0.3, 0.4) is 0 Å². The molecule has 37 heavy (non-hydrogen) atoms. The van der Waals surface area contributed by atoms with Crippen LogP contribution in [0, 0.1) is 10.1 Å². The van der Waals surface area contributed by atoms with Gasteiger partial charge >= 0.3 is 11.9 Å². The minimum atomic E-state index is -1.26. The van der Waals surface area contributed by atoms with E-state index in [9.17, 15) is 24.5 Å². The monoisotopic (exact) mass is 514 g/mol. The van der Waals surface area contributed by atoms with E-state index >= 15 is 0 Å². The summed E-state index contributed by atoms with van der Waals surface area (Å²) in [6.07, 6.45) is 1.86. The number of anilines is 2. The van der Waals surface area contributed by atoms with Crippen molar-refractivity contribution in [3.8, 4) is 0 Å². The number of piperazine rings is 1. The summed E-state index contributed by atoms with van der Waals surface area (Å²) in [5, 5.41) is 36.1. The smallest absolute Gasteiger partial charge is 0.328 e. The molecule has 0 unspecified atom stereocenters. The molecule has 1 fully saturated rings. The van der Waals surface area contributed by atoms with E-state index in [-0.39, 0.29) is 30.4 Å². The van der Waals surface area contributed by atoms with E-state index in [1.165, 1.54) is 11.0 Å². The van der Waals surface area contributed by atoms with Gasteiger partial charge in [-0.3, -0.25) is 24.7 Å². The van der Waals surface area contributed by atoms with Crippen molar-refractivity contribution in [3.05, 3.63) is 76.9 Å². The topological polar surface area (TPSA) is 165 Å². The number of aliphatic hydroxyl groups excluding tert-OH is 1. The second-order valence-corrected chi connectivity index (χ2v) is 8.02. The zero-order chi connectivity index (χ0) is 27.2. The predicted octanol–water partition coefficient (Wildman–Crippen LogP) is 1.97. The lowest BCUT2D eigenvalue weighted by Gasteiger charge is -2.35. The van der Waals surface area contributed by atoms with E-state index in [1.54, 1.807) is 30.3 Å². The van der Waals surface area contributed by atoms with Crippen LogP contribution in [0.4, 0.5) is 17.1 Å². The van der Waals surface area contributed by atoms with Crippen molar-refractivity contribution in [2.45, 2.75) is 6.42 Å². The van der Waals surface area contributed by atoms with E-state index in [2.05, 4.69) is 9.80 Å². The molecular weight excluding hydrogens is 484 g/mol. The predicted molar refractivity (Wildman–Crippen MR) is 136 cm³/mol. The number of hydrogen-bond donors (Lipinski definition) is 3. The Morgan fingerprint density at radius 3 is 1.97 bits per heavy atom. The minimum absolute atomic E-state index is 0.0986. The van der Waals surface area contributed by atoms with Crippen LogP contribution in [-0.4, -0.2) is 93.8 Å². The first-order valence-corrected chi connectivity index (χ1v) is 11.5. The molecule has 0 bridgehead atoms. The van der Waals surface area contributed by atoms with Gasteiger partial charge < -0.3 is 20.2 Å². The Bertz CT molecular complexity index is 1070. The number of carboxylic acid groups (broad SMARTS) is 2. The number of carbonyl (C=O) groups is 3. The summed E-state index contributed by atoms with van der Waals surface area (Å²) >= 11 is 0. The van der Waals surface area contributed by atoms with Gasteiger partial charge in [0, 0.05) is 63.2 Å². The molecule has 0 aromatic heterocycles. The van der Waals surface area contributed by atoms with Crippen LogP contribution in [0.25, 0.3) is 0 Å². The maximum absolute atomic E-state index is 13.3. The van der Waals surface area contributed by atoms with Gasteiger partial charge in [0.2, 0.25) is 5.91 Å². The van der Waals surface area contributed by atoms with Gasteiger partial charge in [0.15, 0.2) is 0 Å². The number of amides is 1. The van der Waals surface area contributed by atoms with E-state index in [0.29, 0.717) is 17.8 Å². The molecule has 1 amide bonds. The molecule has 1 aliphatic heterocycles. The Hall–Kier alpha value is -4.13. The first-order valence-electron chi connectivity index (χ1n) is 11.5. The number of carboxylic acids is 2. The van der Waals surface area contributed by atoms with Crippen molar-refractivity contribution in [2.75, 3.05) is 50.8 Å². The number of nitrogens with zero attached hydrogens (tertiary/aromatic N) is 4. The van der Waals surface area contributed by atoms with Gasteiger partial charge in [-0.05, 0) is 24.6 Å². The van der Waals surface area contributed by atoms with Gasteiger partial charge in [0.25, 0.3) is 5.69 Å². The molecule has 1 aliphatic rings. The Morgan fingerprint density at radius 2 is 1.43 bits per heavy atom. The zero-order valence-corrected chi connectivity index (χ0v) is 20.2. The Balaban J connectivity index is 0.000000521. The Morgan fingerprint density at radius 1 is 0.892 bits per heavy atom. The fraction of sp³-hybridized carbons (Fsp3) is 0.320. The number of hydrogen-bond acceptors (Lipinski definition) is 8. The molecule has 0 saturated carbocycles. The highest BCUT2D eigenvalue weighted by molar-refractivity contribution is 6.03. The SMILES string of the molecule is O=C(CN1CCN(CCCO)CC1)N(c1ccccc1)c1ccccc1[N+](=O)[O-].O=C(O)/C=C\C(=O)O. The first kappa shape index (κ1) is 29.1. The molecule has 0 aliphatic carbocycles. The lowest BCUT2D eigenvalue weighted by molar-refractivity contribution is -0.384. The number of benzene rings is 2. The molecule has 12 heteroatoms. The van der Waals surface area contributed by atoms with Crippen molar-refractivity contribution in [1.82, 2.24) is 9.80 Å². The highest BCUT2D eigenvalue weighted by atomic mass is 16.6. The van der Waals surface area contributed by atoms with Crippen LogP contribution in [0.2, 0.25) is 0 Å². The van der Waals surface area contributed by atoms with Crippen LogP contribution in [-0.2, 0) is 14.4 Å². The number of carbonyl (C=O) groups excluding carboxylic acids is 1. The van der Waals surface area contributed by atoms with E-state index in [0.717, 1.165) is 39.1 Å². The maximum atomic E-state index is 13.3. The molecule has 0 radical (unpaired) electrons. The van der Waals surface area contributed by atoms with Crippen molar-refractivity contribution in [2.24, 2.45) is 0 Å². The van der Waals surface area contributed by atoms with Gasteiger partial charge in [-0.1, -0.05) is 30.3 Å². The van der Waals surface area contributed by atoms with Crippen molar-refractivity contribution >= 4 is 34.9 Å². The van der Waals surface area contributed by atoms with Crippen LogP contribution in [0.15, 0.2) is 66.7 Å². The summed E-state index contributed by atoms with van der Waals surface area (Å²) in [7, 11) is 0. The Kier molecular flexibility index (Phi) is 11.9. The van der Waals surface area contributed by atoms with Gasteiger partial charge in [0.05, 0.1) is 11.5 Å². The number of rotatable bonds is 10. The zero-order valence-electron chi connectivity index (χ0n) is 20.2. The lowest BCUT2D eigenvalue weighted by atomic mass is 10.2. The third-order valence-electron chi connectivity index (χ3n) is 5.41. The highest BCUT2D eigenvalue weighted by Gasteiger charge is 2.28. The molecular formula is C25H30N4O8. The molecule has 2 aromatic carbocycles. The fourth-order valence-corrected chi connectivity index (χ4v) is 3.67. The number of nitro groups is 1. The third kappa shape index (κ3) is 9.80. The van der Waals surface area contributed by atoms with E-state index in [4.69, 9.17) is 15.3 Å². The first-order chi connectivity index (χ1) is 17.7. The summed E-state index contributed by atoms with van der Waals surface area (Å²) in [6, 6.07) is 15.3. The van der Waals surface area contributed by atoms with Crippen molar-refractivity contribution < 1.29 is 34.6 Å². The molecule has 198 valence electrons. The molecule has 0 atom stereocenters. The molecule has 1 heterocycles. The number of nitro benzene ring substituents is 1. The van der Waals surface area contributed by atoms with Crippen molar-refractivity contribution in [1.29, 1.82) is 0 Å². The van der Waals surface area contributed by atoms with Crippen LogP contribution < -0.4 is 4.90 Å². The molecule has 2 aromatic rings. The number of para-hydroxylation sites is 3. The lowest BCUT2D eigenvalue weighted by Crippen LogP contribution is -2.49. The number of aliphatic carboxylic acids is 2. The van der Waals surface area contributed by atoms with Crippen LogP contribution >= 0.6 is 0 Å². The van der Waals surface area contributed by atoms with Crippen LogP contribution in [0.5, 0.6) is 0 Å². The average molecular weight is 515 g/mol. The maximum Gasteiger partial charge on any atom is 0.328 e. The average Bonchev–Trinajstić information content (AvgIpc) is 2.88. The van der Waals surface area contributed by atoms with Gasteiger partial charge in [0.1, 0.15) is 5.69 Å². The van der Waals surface area contributed by atoms with Crippen LogP contribution in [0.1, 0.15) is 6.42 Å². The summed E-state index contributed by atoms with van der Waals surface area (Å²) in [5.74, 6) is -2.71. The molecule has 0 spiro atoms. The van der Waals surface area contributed by atoms with Gasteiger partial charge in [-0.25, -0.2) is 9.59 Å². The standard InChI is InChI=1S/C21H26N4O4.C4H4O4/c26-16-6-11-22-12-14-23(15-13-22)17-21(27)24(18-7-2-1-3-8-18)19-9-4-5-10-20(19)25(28)29;5-3(6)1-2-4(7)8/h1-5,7-10,26H,6,11-17H2;1-2H,(H,5,6)(H,7,8)/b;2-1-. The summed E-state index contributed by atoms with van der Waals surface area (Å²) in [5.41, 5.74) is 0.780. The molecule has 3 rings (SSSR count). The van der Waals surface area contributed by atoms with E-state index in [1.807, 2.05) is 18.2 Å². The summed E-state index contributed by atoms with van der Waals surface area (Å²) in [6.45, 7) is 4.39. The van der Waals surface area contributed by atoms with Gasteiger partial charge in [-0.15, -0.1) is 0 Å². The van der Waals surface area contributed by atoms with Gasteiger partial charge in [-0.2, -0.15) is 0 Å². The van der Waals surface area contributed by atoms with E-state index < -0.39 is 16.9 Å². The highest BCUT2D eigenvalue weighted by Crippen LogP contribution is 2.33. The Labute approximate surface area is 213 Å². The molecule has 3 N–H and O–H groups in total. The minimum Gasteiger partial charge on any atom is -0.478 e. The molecule has 12 nitrogen and oxygen atoms in total. The normalized spacial score (nSPS) is 14.0. The molecule has 1 saturated heterocycles. The fourth-order valence-electron chi connectivity index (χ4n) is 3.67. The quantitative estimate of drug-likeness (QED) is 0.242. The second kappa shape index (κ2) is 15.1. The second-order valence-electron chi connectivity index (χ2n) is 8.02. The summed E-state index contributed by atoms with van der Waals surface area (Å²) < 4.78 is 0. The largest absolute Gasteiger partial charge is 0.478 e. The number of aliphatic hydroxyl groups is 1. The third-order valence-corrected chi connectivity index (χ3v) is 5.41.